The van der Waals surface area contributed by atoms with Gasteiger partial charge in [-0.25, -0.2) is 13.1 Å². The SMILES string of the molecule is Cc1cc(Cl)c([N+](=O)[O-])cc1S(=O)(=O)NCc1ccsc1. The van der Waals surface area contributed by atoms with Crippen molar-refractivity contribution >= 4 is 38.6 Å². The van der Waals surface area contributed by atoms with E-state index in [1.807, 2.05) is 10.8 Å². The molecule has 1 aromatic carbocycles. The van der Waals surface area contributed by atoms with E-state index >= 15 is 0 Å². The number of halogens is 1. The van der Waals surface area contributed by atoms with Crippen molar-refractivity contribution in [2.45, 2.75) is 18.4 Å². The molecule has 1 heterocycles. The lowest BCUT2D eigenvalue weighted by molar-refractivity contribution is -0.384. The Balaban J connectivity index is 2.35. The first-order valence-corrected chi connectivity index (χ1v) is 8.57. The zero-order valence-electron chi connectivity index (χ0n) is 10.9. The average Bonchev–Trinajstić information content (AvgIpc) is 2.88. The van der Waals surface area contributed by atoms with E-state index in [4.69, 9.17) is 11.6 Å². The Bertz CT molecular complexity index is 773. The molecule has 0 unspecified atom stereocenters. The molecule has 0 atom stereocenters. The maximum Gasteiger partial charge on any atom is 0.289 e. The number of nitro benzene ring substituents is 1. The molecule has 0 amide bonds. The first-order valence-electron chi connectivity index (χ1n) is 5.76. The van der Waals surface area contributed by atoms with Gasteiger partial charge in [-0.15, -0.1) is 0 Å². The van der Waals surface area contributed by atoms with Crippen molar-refractivity contribution in [3.8, 4) is 0 Å². The number of rotatable bonds is 5. The zero-order valence-corrected chi connectivity index (χ0v) is 13.3. The Kier molecular flexibility index (Phi) is 4.62. The van der Waals surface area contributed by atoms with Crippen LogP contribution in [-0.2, 0) is 16.6 Å². The van der Waals surface area contributed by atoms with Gasteiger partial charge in [0.15, 0.2) is 0 Å². The molecule has 0 bridgehead atoms. The first-order chi connectivity index (χ1) is 9.81. The molecular weight excluding hydrogens is 336 g/mol. The lowest BCUT2D eigenvalue weighted by atomic mass is 10.2. The van der Waals surface area contributed by atoms with Crippen molar-refractivity contribution in [3.63, 3.8) is 0 Å². The highest BCUT2D eigenvalue weighted by Gasteiger charge is 2.23. The van der Waals surface area contributed by atoms with Crippen LogP contribution >= 0.6 is 22.9 Å². The van der Waals surface area contributed by atoms with Gasteiger partial charge in [0, 0.05) is 12.6 Å². The van der Waals surface area contributed by atoms with Crippen LogP contribution in [0.2, 0.25) is 5.02 Å². The largest absolute Gasteiger partial charge is 0.289 e. The molecular formula is C12H11ClN2O4S2. The van der Waals surface area contributed by atoms with E-state index in [0.717, 1.165) is 11.6 Å². The third-order valence-electron chi connectivity index (χ3n) is 2.78. The first kappa shape index (κ1) is 15.9. The molecule has 112 valence electrons. The number of nitrogens with zero attached hydrogens (tertiary/aromatic N) is 1. The van der Waals surface area contributed by atoms with Crippen molar-refractivity contribution in [2.75, 3.05) is 0 Å². The minimum atomic E-state index is -3.85. The number of aryl methyl sites for hydroxylation is 1. The summed E-state index contributed by atoms with van der Waals surface area (Å²) in [5.41, 5.74) is 0.742. The van der Waals surface area contributed by atoms with Gasteiger partial charge in [0.1, 0.15) is 5.02 Å². The summed E-state index contributed by atoms with van der Waals surface area (Å²) < 4.78 is 26.9. The Hall–Kier alpha value is -1.48. The van der Waals surface area contributed by atoms with E-state index in [2.05, 4.69) is 4.72 Å². The van der Waals surface area contributed by atoms with Crippen LogP contribution in [0.3, 0.4) is 0 Å². The highest BCUT2D eigenvalue weighted by Crippen LogP contribution is 2.30. The lowest BCUT2D eigenvalue weighted by Gasteiger charge is -2.09. The Morgan fingerprint density at radius 2 is 2.14 bits per heavy atom. The summed E-state index contributed by atoms with van der Waals surface area (Å²) in [6, 6.07) is 4.05. The summed E-state index contributed by atoms with van der Waals surface area (Å²) in [5.74, 6) is 0. The number of nitrogens with one attached hydrogen (secondary N) is 1. The minimum absolute atomic E-state index is 0.0886. The molecule has 6 nitrogen and oxygen atoms in total. The molecule has 2 aromatic rings. The fraction of sp³-hybridized carbons (Fsp3) is 0.167. The topological polar surface area (TPSA) is 89.3 Å². The molecule has 0 aliphatic heterocycles. The fourth-order valence-corrected chi connectivity index (χ4v) is 3.94. The van der Waals surface area contributed by atoms with E-state index in [1.165, 1.54) is 24.3 Å². The van der Waals surface area contributed by atoms with Gasteiger partial charge in [0.05, 0.1) is 9.82 Å². The van der Waals surface area contributed by atoms with Crippen molar-refractivity contribution in [1.29, 1.82) is 0 Å². The minimum Gasteiger partial charge on any atom is -0.258 e. The molecule has 0 saturated heterocycles. The molecule has 1 N–H and O–H groups in total. The van der Waals surface area contributed by atoms with Crippen molar-refractivity contribution in [2.24, 2.45) is 0 Å². The predicted molar refractivity (Wildman–Crippen MR) is 81.2 cm³/mol. The number of hydrogen-bond donors (Lipinski definition) is 1. The van der Waals surface area contributed by atoms with Crippen LogP contribution in [-0.4, -0.2) is 13.3 Å². The summed E-state index contributed by atoms with van der Waals surface area (Å²) >= 11 is 7.21. The van der Waals surface area contributed by atoms with E-state index in [9.17, 15) is 18.5 Å². The second kappa shape index (κ2) is 6.10. The summed E-state index contributed by atoms with van der Waals surface area (Å²) in [6.45, 7) is 1.66. The second-order valence-corrected chi connectivity index (χ2v) is 7.20. The second-order valence-electron chi connectivity index (χ2n) is 4.28. The molecule has 21 heavy (non-hydrogen) atoms. The van der Waals surface area contributed by atoms with Crippen LogP contribution < -0.4 is 4.72 Å². The van der Waals surface area contributed by atoms with Gasteiger partial charge >= 0.3 is 0 Å². The number of hydrogen-bond acceptors (Lipinski definition) is 5. The molecule has 9 heteroatoms. The molecule has 0 aliphatic carbocycles. The van der Waals surface area contributed by atoms with Gasteiger partial charge in [-0.2, -0.15) is 11.3 Å². The maximum atomic E-state index is 12.3. The monoisotopic (exact) mass is 346 g/mol. The van der Waals surface area contributed by atoms with Crippen LogP contribution in [0.5, 0.6) is 0 Å². The average molecular weight is 347 g/mol. The van der Waals surface area contributed by atoms with Crippen LogP contribution in [0, 0.1) is 17.0 Å². The van der Waals surface area contributed by atoms with Crippen LogP contribution in [0.15, 0.2) is 33.9 Å². The van der Waals surface area contributed by atoms with Gasteiger partial charge in [-0.1, -0.05) is 11.6 Å². The summed E-state index contributed by atoms with van der Waals surface area (Å²) in [6.07, 6.45) is 0. The predicted octanol–water partition coefficient (Wildman–Crippen LogP) is 3.10. The van der Waals surface area contributed by atoms with Gasteiger partial charge in [-0.3, -0.25) is 10.1 Å². The molecule has 0 aliphatic rings. The fourth-order valence-electron chi connectivity index (χ4n) is 1.72. The van der Waals surface area contributed by atoms with E-state index in [-0.39, 0.29) is 16.5 Å². The highest BCUT2D eigenvalue weighted by atomic mass is 35.5. The molecule has 0 radical (unpaired) electrons. The Morgan fingerprint density at radius 1 is 1.43 bits per heavy atom. The lowest BCUT2D eigenvalue weighted by Crippen LogP contribution is -2.24. The molecule has 0 saturated carbocycles. The third kappa shape index (κ3) is 3.59. The normalized spacial score (nSPS) is 11.5. The summed E-state index contributed by atoms with van der Waals surface area (Å²) in [5, 5.41) is 14.4. The summed E-state index contributed by atoms with van der Waals surface area (Å²) in [4.78, 5) is 10.0. The number of thiophene rings is 1. The standard InChI is InChI=1S/C12H11ClN2O4S2/c1-8-4-10(13)11(15(16)17)5-12(8)21(18,19)14-6-9-2-3-20-7-9/h2-5,7,14H,6H2,1H3. The van der Waals surface area contributed by atoms with Crippen LogP contribution in [0.25, 0.3) is 0 Å². The van der Waals surface area contributed by atoms with E-state index in [0.29, 0.717) is 5.56 Å². The van der Waals surface area contributed by atoms with Gasteiger partial charge in [0.25, 0.3) is 5.69 Å². The summed E-state index contributed by atoms with van der Waals surface area (Å²) in [7, 11) is -3.85. The number of nitro groups is 1. The van der Waals surface area contributed by atoms with Crippen molar-refractivity contribution in [1.82, 2.24) is 4.72 Å². The zero-order chi connectivity index (χ0) is 15.6. The highest BCUT2D eigenvalue weighted by molar-refractivity contribution is 7.89. The number of benzene rings is 1. The smallest absolute Gasteiger partial charge is 0.258 e. The molecule has 2 rings (SSSR count). The molecule has 1 aromatic heterocycles. The van der Waals surface area contributed by atoms with E-state index < -0.39 is 20.6 Å². The Morgan fingerprint density at radius 3 is 2.71 bits per heavy atom. The van der Waals surface area contributed by atoms with Gasteiger partial charge in [0.2, 0.25) is 10.0 Å². The third-order valence-corrected chi connectivity index (χ3v) is 5.36. The number of sulfonamides is 1. The maximum absolute atomic E-state index is 12.3. The van der Waals surface area contributed by atoms with Crippen molar-refractivity contribution in [3.05, 3.63) is 55.2 Å². The molecule has 0 spiro atoms. The van der Waals surface area contributed by atoms with Gasteiger partial charge in [-0.05, 0) is 40.9 Å². The van der Waals surface area contributed by atoms with Gasteiger partial charge < -0.3 is 0 Å². The van der Waals surface area contributed by atoms with E-state index in [1.54, 1.807) is 6.07 Å². The molecule has 0 fully saturated rings. The van der Waals surface area contributed by atoms with Crippen LogP contribution in [0.1, 0.15) is 11.1 Å². The quantitative estimate of drug-likeness (QED) is 0.665. The Labute approximate surface area is 130 Å². The van der Waals surface area contributed by atoms with Crippen LogP contribution in [0.4, 0.5) is 5.69 Å². The van der Waals surface area contributed by atoms with Crippen molar-refractivity contribution < 1.29 is 13.3 Å².